The second kappa shape index (κ2) is 6.70. The molecule has 0 aromatic heterocycles. The van der Waals surface area contributed by atoms with E-state index >= 15 is 0 Å². The second-order valence-corrected chi connectivity index (χ2v) is 8.23. The molecule has 4 rings (SSSR count). The summed E-state index contributed by atoms with van der Waals surface area (Å²) in [6.45, 7) is 4.51. The molecule has 1 N–H and O–H groups in total. The van der Waals surface area contributed by atoms with Crippen molar-refractivity contribution in [3.8, 4) is 0 Å². The van der Waals surface area contributed by atoms with Crippen molar-refractivity contribution >= 4 is 17.7 Å². The fraction of sp³-hybridized carbons (Fsp3) is 0.650. The number of rotatable bonds is 3. The lowest BCUT2D eigenvalue weighted by Gasteiger charge is -2.36. The lowest BCUT2D eigenvalue weighted by molar-refractivity contribution is -0.149. The van der Waals surface area contributed by atoms with Gasteiger partial charge in [-0.3, -0.25) is 14.4 Å². The summed E-state index contributed by atoms with van der Waals surface area (Å²) in [5.41, 5.74) is -1.19. The summed E-state index contributed by atoms with van der Waals surface area (Å²) in [7, 11) is 1.71. The summed E-state index contributed by atoms with van der Waals surface area (Å²) in [6, 6.07) is -0.922. The standard InChI is InChI=1S/C20H27N3O5/c1-12(2)22-9-5-7-20-15(18(26)23(10-11-24)16(20)19(22)27)14-13(28-20)6-4-8-21(3)17(14)25/h4-7,12-16,24H,8-11H2,1-3H3/t13-,14+,15-,16?,20-/m0/s1. The van der Waals surface area contributed by atoms with Crippen LogP contribution in [0.5, 0.6) is 0 Å². The Hall–Kier alpha value is -2.19. The van der Waals surface area contributed by atoms with Crippen LogP contribution in [0.4, 0.5) is 0 Å². The summed E-state index contributed by atoms with van der Waals surface area (Å²) in [4.78, 5) is 44.7. The first kappa shape index (κ1) is 19.1. The zero-order chi connectivity index (χ0) is 20.2. The van der Waals surface area contributed by atoms with Gasteiger partial charge in [-0.05, 0) is 13.8 Å². The first-order valence-corrected chi connectivity index (χ1v) is 9.82. The molecule has 0 bridgehead atoms. The zero-order valence-electron chi connectivity index (χ0n) is 16.4. The number of aliphatic hydroxyl groups is 1. The predicted octanol–water partition coefficient (Wildman–Crippen LogP) is -0.605. The van der Waals surface area contributed by atoms with E-state index in [4.69, 9.17) is 4.74 Å². The highest BCUT2D eigenvalue weighted by Gasteiger charge is 2.71. The summed E-state index contributed by atoms with van der Waals surface area (Å²) in [6.07, 6.45) is 6.84. The van der Waals surface area contributed by atoms with Gasteiger partial charge in [-0.25, -0.2) is 0 Å². The minimum absolute atomic E-state index is 0.0356. The highest BCUT2D eigenvalue weighted by Crippen LogP contribution is 2.53. The molecule has 0 radical (unpaired) electrons. The van der Waals surface area contributed by atoms with Crippen molar-refractivity contribution < 1.29 is 24.2 Å². The third-order valence-corrected chi connectivity index (χ3v) is 6.36. The lowest BCUT2D eigenvalue weighted by atomic mass is 9.77. The summed E-state index contributed by atoms with van der Waals surface area (Å²) < 4.78 is 6.39. The quantitative estimate of drug-likeness (QED) is 0.651. The average molecular weight is 389 g/mol. The van der Waals surface area contributed by atoms with E-state index < -0.39 is 29.6 Å². The minimum Gasteiger partial charge on any atom is -0.395 e. The van der Waals surface area contributed by atoms with Gasteiger partial charge in [0.2, 0.25) is 17.7 Å². The number of ether oxygens (including phenoxy) is 1. The van der Waals surface area contributed by atoms with Crippen LogP contribution in [0, 0.1) is 11.8 Å². The Morgan fingerprint density at radius 3 is 2.61 bits per heavy atom. The molecule has 4 heterocycles. The third-order valence-electron chi connectivity index (χ3n) is 6.36. The molecule has 0 aromatic rings. The van der Waals surface area contributed by atoms with Crippen molar-refractivity contribution in [2.24, 2.45) is 11.8 Å². The second-order valence-electron chi connectivity index (χ2n) is 8.23. The number of likely N-dealkylation sites (tertiary alicyclic amines) is 1. The monoisotopic (exact) mass is 389 g/mol. The van der Waals surface area contributed by atoms with Gasteiger partial charge < -0.3 is 24.5 Å². The van der Waals surface area contributed by atoms with Gasteiger partial charge in [0.05, 0.1) is 24.5 Å². The van der Waals surface area contributed by atoms with Gasteiger partial charge in [0.25, 0.3) is 0 Å². The van der Waals surface area contributed by atoms with Crippen molar-refractivity contribution in [3.63, 3.8) is 0 Å². The maximum atomic E-state index is 13.5. The van der Waals surface area contributed by atoms with Crippen molar-refractivity contribution in [3.05, 3.63) is 24.3 Å². The van der Waals surface area contributed by atoms with E-state index in [9.17, 15) is 19.5 Å². The van der Waals surface area contributed by atoms with Crippen LogP contribution in [0.3, 0.4) is 0 Å². The molecule has 8 nitrogen and oxygen atoms in total. The van der Waals surface area contributed by atoms with Crippen LogP contribution in [0.1, 0.15) is 13.8 Å². The number of hydrogen-bond acceptors (Lipinski definition) is 5. The number of aliphatic hydroxyl groups excluding tert-OH is 1. The maximum absolute atomic E-state index is 13.5. The third kappa shape index (κ3) is 2.47. The number of hydrogen-bond donors (Lipinski definition) is 1. The van der Waals surface area contributed by atoms with Gasteiger partial charge in [0.15, 0.2) is 0 Å². The first-order valence-electron chi connectivity index (χ1n) is 9.82. The molecule has 28 heavy (non-hydrogen) atoms. The molecule has 0 saturated carbocycles. The van der Waals surface area contributed by atoms with Gasteiger partial charge in [-0.15, -0.1) is 0 Å². The molecule has 2 fully saturated rings. The molecule has 4 aliphatic rings. The van der Waals surface area contributed by atoms with Gasteiger partial charge in [-0.2, -0.15) is 0 Å². The molecular weight excluding hydrogens is 362 g/mol. The van der Waals surface area contributed by atoms with Gasteiger partial charge >= 0.3 is 0 Å². The molecule has 2 saturated heterocycles. The smallest absolute Gasteiger partial charge is 0.249 e. The number of fused-ring (bicyclic) bond motifs is 2. The van der Waals surface area contributed by atoms with Gasteiger partial charge in [-0.1, -0.05) is 24.3 Å². The fourth-order valence-electron chi connectivity index (χ4n) is 5.09. The van der Waals surface area contributed by atoms with Crippen LogP contribution >= 0.6 is 0 Å². The van der Waals surface area contributed by atoms with Crippen LogP contribution in [0.2, 0.25) is 0 Å². The Morgan fingerprint density at radius 2 is 1.93 bits per heavy atom. The Bertz CT molecular complexity index is 763. The number of amides is 3. The summed E-state index contributed by atoms with van der Waals surface area (Å²) >= 11 is 0. The highest BCUT2D eigenvalue weighted by atomic mass is 16.5. The minimum atomic E-state index is -1.19. The van der Waals surface area contributed by atoms with E-state index in [2.05, 4.69) is 0 Å². The number of β-amino-alcohol motifs (C(OH)–C–C–N with tert-alkyl or cyclic N) is 1. The molecule has 5 atom stereocenters. The van der Waals surface area contributed by atoms with E-state index in [1.165, 1.54) is 4.90 Å². The Kier molecular flexibility index (Phi) is 4.58. The SMILES string of the molecule is CC(C)N1CC=C[C@]23O[C@H]4C=CCN(C)C(=O)[C@H]4[C@H]2C(=O)N(CCO)C3C1=O. The van der Waals surface area contributed by atoms with Crippen LogP contribution in [0.15, 0.2) is 24.3 Å². The Balaban J connectivity index is 1.85. The number of likely N-dealkylation sites (N-methyl/N-ethyl adjacent to an activating group) is 1. The average Bonchev–Trinajstić information content (AvgIpc) is 2.95. The predicted molar refractivity (Wildman–Crippen MR) is 99.9 cm³/mol. The van der Waals surface area contributed by atoms with Crippen molar-refractivity contribution in [2.75, 3.05) is 33.3 Å². The molecule has 1 spiro atoms. The lowest BCUT2D eigenvalue weighted by Crippen LogP contribution is -2.56. The van der Waals surface area contributed by atoms with Crippen LogP contribution in [-0.2, 0) is 19.1 Å². The topological polar surface area (TPSA) is 90.4 Å². The number of nitrogens with zero attached hydrogens (tertiary/aromatic N) is 3. The molecule has 3 amide bonds. The molecule has 0 aliphatic carbocycles. The Morgan fingerprint density at radius 1 is 1.18 bits per heavy atom. The highest BCUT2D eigenvalue weighted by molar-refractivity contribution is 5.99. The molecule has 0 aromatic carbocycles. The van der Waals surface area contributed by atoms with E-state index in [0.29, 0.717) is 13.1 Å². The van der Waals surface area contributed by atoms with Crippen LogP contribution in [-0.4, -0.2) is 94.6 Å². The summed E-state index contributed by atoms with van der Waals surface area (Å²) in [5.74, 6) is -2.11. The first-order chi connectivity index (χ1) is 13.3. The van der Waals surface area contributed by atoms with Crippen molar-refractivity contribution in [2.45, 2.75) is 37.6 Å². The number of carbonyl (C=O) groups is 3. The van der Waals surface area contributed by atoms with Gasteiger partial charge in [0.1, 0.15) is 11.6 Å². The van der Waals surface area contributed by atoms with Crippen LogP contribution < -0.4 is 0 Å². The maximum Gasteiger partial charge on any atom is 0.249 e. The van der Waals surface area contributed by atoms with Crippen molar-refractivity contribution in [1.82, 2.24) is 14.7 Å². The molecule has 152 valence electrons. The van der Waals surface area contributed by atoms with Crippen molar-refractivity contribution in [1.29, 1.82) is 0 Å². The zero-order valence-corrected chi connectivity index (χ0v) is 16.4. The number of carbonyl (C=O) groups excluding carboxylic acids is 3. The molecular formula is C20H27N3O5. The van der Waals surface area contributed by atoms with E-state index in [1.54, 1.807) is 16.8 Å². The normalized spacial score (nSPS) is 37.3. The Labute approximate surface area is 164 Å². The fourth-order valence-corrected chi connectivity index (χ4v) is 5.09. The largest absolute Gasteiger partial charge is 0.395 e. The molecule has 4 aliphatic heterocycles. The summed E-state index contributed by atoms with van der Waals surface area (Å²) in [5, 5.41) is 9.53. The van der Waals surface area contributed by atoms with Gasteiger partial charge in [0, 0.05) is 32.7 Å². The van der Waals surface area contributed by atoms with Crippen LogP contribution in [0.25, 0.3) is 0 Å². The van der Waals surface area contributed by atoms with E-state index in [-0.39, 0.29) is 36.9 Å². The van der Waals surface area contributed by atoms with E-state index in [1.807, 2.05) is 38.2 Å². The molecule has 8 heteroatoms. The van der Waals surface area contributed by atoms with E-state index in [0.717, 1.165) is 0 Å². The molecule has 1 unspecified atom stereocenters.